The molecular formula is C25H44N4O5. The Kier molecular flexibility index (Phi) is 9.91. The number of ether oxygens (including phenoxy) is 1. The van der Waals surface area contributed by atoms with Crippen LogP contribution in [0.25, 0.3) is 0 Å². The van der Waals surface area contributed by atoms with E-state index in [0.29, 0.717) is 26.3 Å². The Balaban J connectivity index is 1.54. The van der Waals surface area contributed by atoms with E-state index in [1.54, 1.807) is 11.9 Å². The number of urea groups is 2. The number of amides is 6. The highest BCUT2D eigenvalue weighted by molar-refractivity contribution is 6.02. The van der Waals surface area contributed by atoms with Gasteiger partial charge >= 0.3 is 12.1 Å². The van der Waals surface area contributed by atoms with Crippen molar-refractivity contribution >= 4 is 23.9 Å². The van der Waals surface area contributed by atoms with Crippen LogP contribution < -0.4 is 0 Å². The molecular weight excluding hydrogens is 436 g/mol. The Morgan fingerprint density at radius 3 is 1.94 bits per heavy atom. The van der Waals surface area contributed by atoms with Gasteiger partial charge in [0, 0.05) is 38.9 Å². The molecule has 0 atom stereocenters. The second-order valence-electron chi connectivity index (χ2n) is 11.0. The predicted molar refractivity (Wildman–Crippen MR) is 130 cm³/mol. The number of unbranched alkanes of at least 4 members (excludes halogenated alkanes) is 2. The van der Waals surface area contributed by atoms with Gasteiger partial charge in [-0.2, -0.15) is 0 Å². The zero-order chi connectivity index (χ0) is 25.5. The maximum absolute atomic E-state index is 12.2. The molecule has 2 heterocycles. The standard InChI is InChI=1S/C25H44N4O5/c1-7-27-19-20(30)28(23(27)33)15-14-24(2,3)12-8-10-16-34-17-11-9-13-25(4,5)29-21(31)18-26(6)22(29)32/h7-19H2,1-6H3. The van der Waals surface area contributed by atoms with Gasteiger partial charge in [0.2, 0.25) is 5.91 Å². The molecule has 0 radical (unpaired) electrons. The fourth-order valence-corrected chi connectivity index (χ4v) is 4.60. The van der Waals surface area contributed by atoms with E-state index < -0.39 is 5.54 Å². The highest BCUT2D eigenvalue weighted by Crippen LogP contribution is 2.29. The molecule has 0 spiro atoms. The molecule has 9 nitrogen and oxygen atoms in total. The molecule has 2 saturated heterocycles. The summed E-state index contributed by atoms with van der Waals surface area (Å²) >= 11 is 0. The van der Waals surface area contributed by atoms with Gasteiger partial charge in [-0.05, 0) is 64.7 Å². The predicted octanol–water partition coefficient (Wildman–Crippen LogP) is 3.72. The van der Waals surface area contributed by atoms with Gasteiger partial charge in [-0.15, -0.1) is 0 Å². The van der Waals surface area contributed by atoms with Crippen LogP contribution in [0.2, 0.25) is 0 Å². The van der Waals surface area contributed by atoms with Crippen molar-refractivity contribution in [2.75, 3.05) is 46.4 Å². The largest absolute Gasteiger partial charge is 0.381 e. The van der Waals surface area contributed by atoms with Crippen LogP contribution in [0.3, 0.4) is 0 Å². The number of likely N-dealkylation sites (N-methyl/N-ethyl adjacent to an activating group) is 2. The molecule has 2 aliphatic heterocycles. The number of nitrogens with zero attached hydrogens (tertiary/aromatic N) is 4. The van der Waals surface area contributed by atoms with Crippen molar-refractivity contribution in [3.63, 3.8) is 0 Å². The van der Waals surface area contributed by atoms with Gasteiger partial charge in [0.1, 0.15) is 13.1 Å². The number of carbonyl (C=O) groups excluding carboxylic acids is 4. The second kappa shape index (κ2) is 12.0. The monoisotopic (exact) mass is 480 g/mol. The van der Waals surface area contributed by atoms with Crippen LogP contribution in [-0.4, -0.2) is 95.5 Å². The molecule has 2 rings (SSSR count). The van der Waals surface area contributed by atoms with Crippen LogP contribution in [-0.2, 0) is 14.3 Å². The number of hydrogen-bond acceptors (Lipinski definition) is 5. The zero-order valence-corrected chi connectivity index (χ0v) is 22.0. The van der Waals surface area contributed by atoms with Gasteiger partial charge < -0.3 is 14.5 Å². The average molecular weight is 481 g/mol. The Morgan fingerprint density at radius 1 is 0.794 bits per heavy atom. The maximum Gasteiger partial charge on any atom is 0.327 e. The summed E-state index contributed by atoms with van der Waals surface area (Å²) in [5.41, 5.74) is -0.423. The summed E-state index contributed by atoms with van der Waals surface area (Å²) in [7, 11) is 1.65. The molecule has 34 heavy (non-hydrogen) atoms. The quantitative estimate of drug-likeness (QED) is 0.263. The number of carbonyl (C=O) groups is 4. The Labute approximate surface area is 204 Å². The first kappa shape index (κ1) is 28.1. The topological polar surface area (TPSA) is 90.5 Å². The first-order valence-corrected chi connectivity index (χ1v) is 12.6. The molecule has 6 amide bonds. The molecule has 0 aromatic heterocycles. The summed E-state index contributed by atoms with van der Waals surface area (Å²) in [6.07, 6.45) is 6.38. The SMILES string of the molecule is CCN1CC(=O)N(CCC(C)(C)CCCCOCCCCC(C)(C)N2C(=O)CN(C)C2=O)C1=O. The van der Waals surface area contributed by atoms with Crippen LogP contribution in [0.5, 0.6) is 0 Å². The average Bonchev–Trinajstić information content (AvgIpc) is 3.18. The number of imide groups is 2. The van der Waals surface area contributed by atoms with E-state index in [2.05, 4.69) is 13.8 Å². The van der Waals surface area contributed by atoms with Gasteiger partial charge in [-0.1, -0.05) is 20.3 Å². The van der Waals surface area contributed by atoms with Crippen LogP contribution >= 0.6 is 0 Å². The van der Waals surface area contributed by atoms with Crippen molar-refractivity contribution in [2.45, 2.75) is 85.1 Å². The summed E-state index contributed by atoms with van der Waals surface area (Å²) in [6.45, 7) is 13.0. The third-order valence-corrected chi connectivity index (χ3v) is 6.99. The van der Waals surface area contributed by atoms with Crippen LogP contribution in [0.15, 0.2) is 0 Å². The Bertz CT molecular complexity index is 752. The first-order valence-electron chi connectivity index (χ1n) is 12.6. The van der Waals surface area contributed by atoms with E-state index in [1.807, 2.05) is 20.8 Å². The number of rotatable bonds is 15. The smallest absolute Gasteiger partial charge is 0.327 e. The normalized spacial score (nSPS) is 17.7. The molecule has 9 heteroatoms. The Hall–Kier alpha value is -2.16. The highest BCUT2D eigenvalue weighted by atomic mass is 16.5. The lowest BCUT2D eigenvalue weighted by atomic mass is 9.84. The molecule has 0 aromatic rings. The van der Waals surface area contributed by atoms with Crippen molar-refractivity contribution in [2.24, 2.45) is 5.41 Å². The third kappa shape index (κ3) is 7.42. The van der Waals surface area contributed by atoms with Crippen molar-refractivity contribution in [3.05, 3.63) is 0 Å². The van der Waals surface area contributed by atoms with Crippen molar-refractivity contribution < 1.29 is 23.9 Å². The van der Waals surface area contributed by atoms with Crippen LogP contribution in [0, 0.1) is 5.41 Å². The fraction of sp³-hybridized carbons (Fsp3) is 0.840. The van der Waals surface area contributed by atoms with E-state index in [9.17, 15) is 19.2 Å². The highest BCUT2D eigenvalue weighted by Gasteiger charge is 2.42. The minimum atomic E-state index is -0.483. The molecule has 0 bridgehead atoms. The van der Waals surface area contributed by atoms with E-state index in [0.717, 1.165) is 44.9 Å². The molecule has 0 N–H and O–H groups in total. The molecule has 0 saturated carbocycles. The summed E-state index contributed by atoms with van der Waals surface area (Å²) in [5.74, 6) is -0.219. The molecule has 0 unspecified atom stereocenters. The number of hydrogen-bond donors (Lipinski definition) is 0. The van der Waals surface area contributed by atoms with Gasteiger partial charge in [-0.3, -0.25) is 19.4 Å². The van der Waals surface area contributed by atoms with Crippen LogP contribution in [0.1, 0.15) is 79.6 Å². The Morgan fingerprint density at radius 2 is 1.41 bits per heavy atom. The third-order valence-electron chi connectivity index (χ3n) is 6.99. The van der Waals surface area contributed by atoms with E-state index in [-0.39, 0.29) is 42.4 Å². The summed E-state index contributed by atoms with van der Waals surface area (Å²) in [6, 6.07) is -0.373. The van der Waals surface area contributed by atoms with Crippen LogP contribution in [0.4, 0.5) is 9.59 Å². The lowest BCUT2D eigenvalue weighted by Crippen LogP contribution is -2.48. The molecule has 194 valence electrons. The van der Waals surface area contributed by atoms with Gasteiger partial charge in [0.15, 0.2) is 0 Å². The zero-order valence-electron chi connectivity index (χ0n) is 22.0. The lowest BCUT2D eigenvalue weighted by molar-refractivity contribution is -0.129. The molecule has 0 aromatic carbocycles. The van der Waals surface area contributed by atoms with Crippen molar-refractivity contribution in [1.29, 1.82) is 0 Å². The molecule has 0 aliphatic carbocycles. The van der Waals surface area contributed by atoms with Crippen molar-refractivity contribution in [1.82, 2.24) is 19.6 Å². The van der Waals surface area contributed by atoms with Crippen molar-refractivity contribution in [3.8, 4) is 0 Å². The second-order valence-corrected chi connectivity index (χ2v) is 11.0. The van der Waals surface area contributed by atoms with Gasteiger partial charge in [0.25, 0.3) is 5.91 Å². The molecule has 2 fully saturated rings. The van der Waals surface area contributed by atoms with Gasteiger partial charge in [0.05, 0.1) is 0 Å². The summed E-state index contributed by atoms with van der Waals surface area (Å²) in [5, 5.41) is 0. The lowest BCUT2D eigenvalue weighted by Gasteiger charge is -2.33. The summed E-state index contributed by atoms with van der Waals surface area (Å²) in [4.78, 5) is 54.4. The minimum absolute atomic E-state index is 0.0598. The van der Waals surface area contributed by atoms with E-state index in [4.69, 9.17) is 4.74 Å². The first-order chi connectivity index (χ1) is 15.9. The fourth-order valence-electron chi connectivity index (χ4n) is 4.60. The van der Waals surface area contributed by atoms with E-state index >= 15 is 0 Å². The summed E-state index contributed by atoms with van der Waals surface area (Å²) < 4.78 is 5.78. The minimum Gasteiger partial charge on any atom is -0.381 e. The van der Waals surface area contributed by atoms with Gasteiger partial charge in [-0.25, -0.2) is 9.59 Å². The maximum atomic E-state index is 12.2. The van der Waals surface area contributed by atoms with E-state index in [1.165, 1.54) is 14.7 Å². The molecule has 2 aliphatic rings.